The Kier molecular flexibility index (Phi) is 8.82. The Hall–Kier alpha value is -1.06. The van der Waals surface area contributed by atoms with E-state index < -0.39 is 0 Å². The smallest absolute Gasteiger partial charge is 0.322 e. The van der Waals surface area contributed by atoms with Crippen LogP contribution in [0.15, 0.2) is 4.99 Å². The van der Waals surface area contributed by atoms with Crippen LogP contribution in [0, 0.1) is 0 Å². The molecule has 0 atom stereocenters. The maximum atomic E-state index is 11.0. The van der Waals surface area contributed by atoms with Gasteiger partial charge in [-0.2, -0.15) is 0 Å². The van der Waals surface area contributed by atoms with Crippen molar-refractivity contribution < 1.29 is 4.79 Å². The Labute approximate surface area is 92.8 Å². The summed E-state index contributed by atoms with van der Waals surface area (Å²) in [4.78, 5) is 16.7. The van der Waals surface area contributed by atoms with Crippen LogP contribution in [0.25, 0.3) is 0 Å². The molecular formula is C11H23N3O. The van der Waals surface area contributed by atoms with Gasteiger partial charge in [0.2, 0.25) is 0 Å². The summed E-state index contributed by atoms with van der Waals surface area (Å²) in [5.41, 5.74) is 0. The number of unbranched alkanes of at least 4 members (excludes halogenated alkanes) is 4. The molecule has 2 amide bonds. The first-order valence-corrected chi connectivity index (χ1v) is 5.66. The standard InChI is InChI=1S/C11H23N3O/c1-4-5-6-7-8-9-13-10-14(3)11(15)12-2/h10H,4-9H2,1-3H3,(H,12,15). The topological polar surface area (TPSA) is 44.7 Å². The van der Waals surface area contributed by atoms with Crippen molar-refractivity contribution in [1.29, 1.82) is 0 Å². The minimum Gasteiger partial charge on any atom is -0.341 e. The third-order valence-electron chi connectivity index (χ3n) is 2.18. The molecule has 4 heteroatoms. The van der Waals surface area contributed by atoms with E-state index in [1.165, 1.54) is 30.6 Å². The Morgan fingerprint density at radius 1 is 1.33 bits per heavy atom. The lowest BCUT2D eigenvalue weighted by Gasteiger charge is -2.09. The fourth-order valence-electron chi connectivity index (χ4n) is 1.22. The fraction of sp³-hybridized carbons (Fsp3) is 0.818. The molecule has 0 saturated heterocycles. The lowest BCUT2D eigenvalue weighted by Crippen LogP contribution is -2.33. The van der Waals surface area contributed by atoms with Gasteiger partial charge in [0, 0.05) is 20.6 Å². The number of urea groups is 1. The second-order valence-corrected chi connectivity index (χ2v) is 3.60. The predicted molar refractivity (Wildman–Crippen MR) is 64.3 cm³/mol. The number of rotatable bonds is 7. The summed E-state index contributed by atoms with van der Waals surface area (Å²) in [6.45, 7) is 3.02. The normalized spacial score (nSPS) is 10.6. The Morgan fingerprint density at radius 2 is 2.00 bits per heavy atom. The Balaban J connectivity index is 3.41. The molecule has 0 heterocycles. The van der Waals surface area contributed by atoms with E-state index in [1.54, 1.807) is 20.4 Å². The molecule has 0 aliphatic carbocycles. The molecule has 0 aliphatic rings. The Morgan fingerprint density at radius 3 is 2.60 bits per heavy atom. The number of carbonyl (C=O) groups is 1. The molecule has 0 aromatic rings. The van der Waals surface area contributed by atoms with E-state index in [9.17, 15) is 4.79 Å². The summed E-state index contributed by atoms with van der Waals surface area (Å²) in [6.07, 6.45) is 7.79. The van der Waals surface area contributed by atoms with Gasteiger partial charge >= 0.3 is 6.03 Å². The summed E-state index contributed by atoms with van der Waals surface area (Å²) in [6, 6.07) is -0.135. The molecule has 0 radical (unpaired) electrons. The first-order valence-electron chi connectivity index (χ1n) is 5.66. The number of nitrogens with zero attached hydrogens (tertiary/aromatic N) is 2. The molecule has 0 rings (SSSR count). The third-order valence-corrected chi connectivity index (χ3v) is 2.18. The van der Waals surface area contributed by atoms with Crippen molar-refractivity contribution >= 4 is 12.4 Å². The van der Waals surface area contributed by atoms with Crippen molar-refractivity contribution in [3.05, 3.63) is 0 Å². The lowest BCUT2D eigenvalue weighted by atomic mass is 10.2. The SMILES string of the molecule is CCCCCCCN=CN(C)C(=O)NC. The maximum absolute atomic E-state index is 11.0. The van der Waals surface area contributed by atoms with Crippen molar-refractivity contribution in [2.45, 2.75) is 39.0 Å². The quantitative estimate of drug-likeness (QED) is 0.393. The van der Waals surface area contributed by atoms with Crippen LogP contribution in [-0.4, -0.2) is 37.9 Å². The van der Waals surface area contributed by atoms with Gasteiger partial charge in [-0.15, -0.1) is 0 Å². The highest BCUT2D eigenvalue weighted by Crippen LogP contribution is 2.01. The van der Waals surface area contributed by atoms with Gasteiger partial charge in [0.15, 0.2) is 0 Å². The molecule has 0 spiro atoms. The van der Waals surface area contributed by atoms with Crippen molar-refractivity contribution in [2.24, 2.45) is 4.99 Å². The molecule has 4 nitrogen and oxygen atoms in total. The third kappa shape index (κ3) is 7.97. The number of hydrogen-bond acceptors (Lipinski definition) is 2. The number of nitrogens with one attached hydrogen (secondary N) is 1. The predicted octanol–water partition coefficient (Wildman–Crippen LogP) is 2.26. The van der Waals surface area contributed by atoms with Gasteiger partial charge in [-0.1, -0.05) is 32.6 Å². The molecule has 1 N–H and O–H groups in total. The van der Waals surface area contributed by atoms with E-state index >= 15 is 0 Å². The highest BCUT2D eigenvalue weighted by molar-refractivity contribution is 5.85. The van der Waals surface area contributed by atoms with Crippen molar-refractivity contribution in [2.75, 3.05) is 20.6 Å². The second kappa shape index (κ2) is 9.49. The van der Waals surface area contributed by atoms with Crippen LogP contribution in [0.2, 0.25) is 0 Å². The van der Waals surface area contributed by atoms with Crippen molar-refractivity contribution in [3.63, 3.8) is 0 Å². The molecule has 0 saturated carbocycles. The minimum absolute atomic E-state index is 0.135. The zero-order valence-electron chi connectivity index (χ0n) is 10.1. The van der Waals surface area contributed by atoms with Gasteiger partial charge in [0.1, 0.15) is 0 Å². The number of amides is 2. The molecule has 0 aromatic carbocycles. The molecule has 0 unspecified atom stereocenters. The monoisotopic (exact) mass is 213 g/mol. The Bertz CT molecular complexity index is 192. The van der Waals surface area contributed by atoms with Crippen LogP contribution in [0.4, 0.5) is 4.79 Å². The van der Waals surface area contributed by atoms with Crippen LogP contribution >= 0.6 is 0 Å². The summed E-state index contributed by atoms with van der Waals surface area (Å²) in [5.74, 6) is 0. The average Bonchev–Trinajstić information content (AvgIpc) is 2.26. The first-order chi connectivity index (χ1) is 7.22. The molecular weight excluding hydrogens is 190 g/mol. The summed E-state index contributed by atoms with van der Waals surface area (Å²) in [5, 5.41) is 2.53. The largest absolute Gasteiger partial charge is 0.341 e. The zero-order chi connectivity index (χ0) is 11.5. The fourth-order valence-corrected chi connectivity index (χ4v) is 1.22. The molecule has 0 bridgehead atoms. The van der Waals surface area contributed by atoms with Gasteiger partial charge in [0.05, 0.1) is 6.34 Å². The highest BCUT2D eigenvalue weighted by atomic mass is 16.2. The summed E-state index contributed by atoms with van der Waals surface area (Å²) < 4.78 is 0. The second-order valence-electron chi connectivity index (χ2n) is 3.60. The van der Waals surface area contributed by atoms with Crippen LogP contribution in [0.1, 0.15) is 39.0 Å². The van der Waals surface area contributed by atoms with E-state index in [0.717, 1.165) is 13.0 Å². The van der Waals surface area contributed by atoms with E-state index in [0.29, 0.717) is 0 Å². The van der Waals surface area contributed by atoms with Crippen molar-refractivity contribution in [3.8, 4) is 0 Å². The molecule has 0 aromatic heterocycles. The van der Waals surface area contributed by atoms with E-state index in [4.69, 9.17) is 0 Å². The van der Waals surface area contributed by atoms with Crippen LogP contribution in [0.3, 0.4) is 0 Å². The van der Waals surface area contributed by atoms with Crippen molar-refractivity contribution in [1.82, 2.24) is 10.2 Å². The molecule has 88 valence electrons. The van der Waals surface area contributed by atoms with Crippen LogP contribution < -0.4 is 5.32 Å². The van der Waals surface area contributed by atoms with Gasteiger partial charge in [-0.25, -0.2) is 4.79 Å². The van der Waals surface area contributed by atoms with Crippen LogP contribution in [0.5, 0.6) is 0 Å². The maximum Gasteiger partial charge on any atom is 0.322 e. The lowest BCUT2D eigenvalue weighted by molar-refractivity contribution is 0.229. The summed E-state index contributed by atoms with van der Waals surface area (Å²) >= 11 is 0. The first kappa shape index (κ1) is 13.9. The van der Waals surface area contributed by atoms with E-state index in [-0.39, 0.29) is 6.03 Å². The zero-order valence-corrected chi connectivity index (χ0v) is 10.1. The van der Waals surface area contributed by atoms with Gasteiger partial charge in [-0.3, -0.25) is 9.89 Å². The summed E-state index contributed by atoms with van der Waals surface area (Å²) in [7, 11) is 3.30. The van der Waals surface area contributed by atoms with Gasteiger partial charge < -0.3 is 5.32 Å². The molecule has 15 heavy (non-hydrogen) atoms. The average molecular weight is 213 g/mol. The van der Waals surface area contributed by atoms with Crippen LogP contribution in [-0.2, 0) is 0 Å². The van der Waals surface area contributed by atoms with E-state index in [1.807, 2.05) is 0 Å². The van der Waals surface area contributed by atoms with E-state index in [2.05, 4.69) is 17.2 Å². The highest BCUT2D eigenvalue weighted by Gasteiger charge is 1.99. The number of hydrogen-bond donors (Lipinski definition) is 1. The number of aliphatic imine (C=N–C) groups is 1. The molecule has 0 aliphatic heterocycles. The van der Waals surface area contributed by atoms with Gasteiger partial charge in [-0.05, 0) is 6.42 Å². The molecule has 0 fully saturated rings. The number of carbonyl (C=O) groups excluding carboxylic acids is 1. The van der Waals surface area contributed by atoms with Gasteiger partial charge in [0.25, 0.3) is 0 Å². The minimum atomic E-state index is -0.135.